The number of likely N-dealkylation sites (N-methyl/N-ethyl adjacent to an activating group) is 1. The monoisotopic (exact) mass is 401 g/mol. The van der Waals surface area contributed by atoms with Crippen molar-refractivity contribution in [3.63, 3.8) is 0 Å². The maximum Gasteiger partial charge on any atom is 0.132 e. The van der Waals surface area contributed by atoms with Crippen LogP contribution in [0.3, 0.4) is 0 Å². The molecule has 152 valence electrons. The van der Waals surface area contributed by atoms with Crippen molar-refractivity contribution in [3.8, 4) is 0 Å². The molecule has 0 radical (unpaired) electrons. The van der Waals surface area contributed by atoms with Crippen molar-refractivity contribution in [3.05, 3.63) is 51.9 Å². The van der Waals surface area contributed by atoms with Gasteiger partial charge in [-0.3, -0.25) is 0 Å². The number of rotatable bonds is 7. The van der Waals surface area contributed by atoms with Gasteiger partial charge < -0.3 is 16.0 Å². The van der Waals surface area contributed by atoms with Crippen LogP contribution in [0.25, 0.3) is 0 Å². The van der Waals surface area contributed by atoms with E-state index in [1.807, 2.05) is 32.0 Å². The smallest absolute Gasteiger partial charge is 0.132 e. The van der Waals surface area contributed by atoms with Gasteiger partial charge in [0.25, 0.3) is 0 Å². The first kappa shape index (κ1) is 21.0. The molecular formula is C22H32ClN5. The van der Waals surface area contributed by atoms with E-state index in [0.29, 0.717) is 12.5 Å². The number of nitrogens with two attached hydrogens (primary N) is 1. The van der Waals surface area contributed by atoms with Crippen LogP contribution in [0.15, 0.2) is 24.3 Å². The highest BCUT2D eigenvalue weighted by atomic mass is 35.5. The standard InChI is InChI=1S/C22H32ClN5/c1-4-28-9-5-6-19(14-28)26-21-11-16(3)25-22(27-21)13-18(24)12-17-7-8-20(23)15(2)10-17/h7-8,10-11,18-19H,4-6,9,12-14,24H2,1-3H3,(H,25,26,27). The Morgan fingerprint density at radius 2 is 2.07 bits per heavy atom. The number of hydrogen-bond acceptors (Lipinski definition) is 5. The highest BCUT2D eigenvalue weighted by molar-refractivity contribution is 6.31. The quantitative estimate of drug-likeness (QED) is 0.739. The summed E-state index contributed by atoms with van der Waals surface area (Å²) in [5.74, 6) is 1.73. The van der Waals surface area contributed by atoms with Gasteiger partial charge in [0.1, 0.15) is 11.6 Å². The van der Waals surface area contributed by atoms with Crippen molar-refractivity contribution in [2.75, 3.05) is 25.0 Å². The van der Waals surface area contributed by atoms with Crippen LogP contribution >= 0.6 is 11.6 Å². The third kappa shape index (κ3) is 5.90. The van der Waals surface area contributed by atoms with Crippen molar-refractivity contribution in [2.45, 2.75) is 58.5 Å². The minimum Gasteiger partial charge on any atom is -0.366 e. The lowest BCUT2D eigenvalue weighted by molar-refractivity contribution is 0.226. The van der Waals surface area contributed by atoms with Crippen LogP contribution in [0.5, 0.6) is 0 Å². The predicted octanol–water partition coefficient (Wildman–Crippen LogP) is 3.76. The van der Waals surface area contributed by atoms with Gasteiger partial charge in [0, 0.05) is 41.8 Å². The highest BCUT2D eigenvalue weighted by Gasteiger charge is 2.19. The van der Waals surface area contributed by atoms with Crippen LogP contribution in [-0.4, -0.2) is 46.6 Å². The van der Waals surface area contributed by atoms with Crippen LogP contribution in [0, 0.1) is 13.8 Å². The Morgan fingerprint density at radius 3 is 2.82 bits per heavy atom. The molecule has 3 rings (SSSR count). The molecule has 0 aliphatic carbocycles. The van der Waals surface area contributed by atoms with Crippen molar-refractivity contribution in [1.29, 1.82) is 0 Å². The van der Waals surface area contributed by atoms with Gasteiger partial charge in [0.2, 0.25) is 0 Å². The van der Waals surface area contributed by atoms with E-state index in [-0.39, 0.29) is 6.04 Å². The zero-order chi connectivity index (χ0) is 20.1. The Morgan fingerprint density at radius 1 is 1.25 bits per heavy atom. The number of halogens is 1. The first-order valence-corrected chi connectivity index (χ1v) is 10.6. The third-order valence-corrected chi connectivity index (χ3v) is 5.79. The number of aromatic nitrogens is 2. The lowest BCUT2D eigenvalue weighted by atomic mass is 10.0. The number of piperidine rings is 1. The lowest BCUT2D eigenvalue weighted by Gasteiger charge is -2.32. The van der Waals surface area contributed by atoms with E-state index in [4.69, 9.17) is 22.3 Å². The van der Waals surface area contributed by atoms with Gasteiger partial charge in [0.15, 0.2) is 0 Å². The summed E-state index contributed by atoms with van der Waals surface area (Å²) in [5.41, 5.74) is 9.66. The molecule has 0 bridgehead atoms. The molecule has 2 heterocycles. The van der Waals surface area contributed by atoms with E-state index < -0.39 is 0 Å². The van der Waals surface area contributed by atoms with Crippen LogP contribution in [0.2, 0.25) is 5.02 Å². The van der Waals surface area contributed by atoms with Crippen molar-refractivity contribution < 1.29 is 0 Å². The maximum absolute atomic E-state index is 6.41. The highest BCUT2D eigenvalue weighted by Crippen LogP contribution is 2.18. The minimum atomic E-state index is -0.0273. The number of nitrogens with zero attached hydrogens (tertiary/aromatic N) is 3. The minimum absolute atomic E-state index is 0.0273. The summed E-state index contributed by atoms with van der Waals surface area (Å²) in [6, 6.07) is 8.54. The first-order valence-electron chi connectivity index (χ1n) is 10.3. The van der Waals surface area contributed by atoms with E-state index >= 15 is 0 Å². The number of hydrogen-bond donors (Lipinski definition) is 2. The molecule has 28 heavy (non-hydrogen) atoms. The van der Waals surface area contributed by atoms with Crippen molar-refractivity contribution in [1.82, 2.24) is 14.9 Å². The molecule has 1 aliphatic heterocycles. The second kappa shape index (κ2) is 9.68. The topological polar surface area (TPSA) is 67.1 Å². The third-order valence-electron chi connectivity index (χ3n) is 5.37. The maximum atomic E-state index is 6.41. The van der Waals surface area contributed by atoms with Gasteiger partial charge in [-0.05, 0) is 63.4 Å². The van der Waals surface area contributed by atoms with E-state index in [0.717, 1.165) is 47.4 Å². The number of aryl methyl sites for hydroxylation is 2. The van der Waals surface area contributed by atoms with Crippen LogP contribution in [0.4, 0.5) is 5.82 Å². The van der Waals surface area contributed by atoms with Crippen molar-refractivity contribution >= 4 is 17.4 Å². The van der Waals surface area contributed by atoms with E-state index in [1.54, 1.807) is 0 Å². The molecule has 0 saturated carbocycles. The van der Waals surface area contributed by atoms with Crippen LogP contribution in [0.1, 0.15) is 42.4 Å². The fourth-order valence-corrected chi connectivity index (χ4v) is 4.03. The summed E-state index contributed by atoms with van der Waals surface area (Å²) in [4.78, 5) is 11.8. The SMILES string of the molecule is CCN1CCCC(Nc2cc(C)nc(CC(N)Cc3ccc(Cl)c(C)c3)n2)C1. The Labute approximate surface area is 173 Å². The Bertz CT molecular complexity index is 794. The Balaban J connectivity index is 1.62. The fourth-order valence-electron chi connectivity index (χ4n) is 3.91. The molecule has 1 aliphatic rings. The first-order chi connectivity index (χ1) is 13.4. The van der Waals surface area contributed by atoms with Crippen molar-refractivity contribution in [2.24, 2.45) is 5.73 Å². The molecule has 0 amide bonds. The number of likely N-dealkylation sites (tertiary alicyclic amines) is 1. The Hall–Kier alpha value is -1.69. The molecule has 0 spiro atoms. The molecular weight excluding hydrogens is 370 g/mol. The van der Waals surface area contributed by atoms with Gasteiger partial charge in [-0.1, -0.05) is 30.7 Å². The van der Waals surface area contributed by atoms with Gasteiger partial charge in [-0.15, -0.1) is 0 Å². The molecule has 1 saturated heterocycles. The van der Waals surface area contributed by atoms with Gasteiger partial charge in [-0.2, -0.15) is 0 Å². The predicted molar refractivity (Wildman–Crippen MR) is 117 cm³/mol. The molecule has 2 atom stereocenters. The summed E-state index contributed by atoms with van der Waals surface area (Å²) in [7, 11) is 0. The second-order valence-electron chi connectivity index (χ2n) is 7.94. The van der Waals surface area contributed by atoms with Crippen LogP contribution < -0.4 is 11.1 Å². The van der Waals surface area contributed by atoms with E-state index in [1.165, 1.54) is 24.9 Å². The van der Waals surface area contributed by atoms with Crippen LogP contribution in [-0.2, 0) is 12.8 Å². The fraction of sp³-hybridized carbons (Fsp3) is 0.545. The molecule has 6 heteroatoms. The molecule has 1 aromatic carbocycles. The Kier molecular flexibility index (Phi) is 7.27. The second-order valence-corrected chi connectivity index (χ2v) is 8.35. The average molecular weight is 402 g/mol. The summed E-state index contributed by atoms with van der Waals surface area (Å²) < 4.78 is 0. The van der Waals surface area contributed by atoms with Gasteiger partial charge >= 0.3 is 0 Å². The zero-order valence-electron chi connectivity index (χ0n) is 17.2. The average Bonchev–Trinajstić information content (AvgIpc) is 2.64. The normalized spacial score (nSPS) is 18.8. The number of nitrogens with one attached hydrogen (secondary N) is 1. The molecule has 3 N–H and O–H groups in total. The summed E-state index contributed by atoms with van der Waals surface area (Å²) in [6.45, 7) is 9.63. The molecule has 2 aromatic rings. The molecule has 5 nitrogen and oxygen atoms in total. The molecule has 2 unspecified atom stereocenters. The largest absolute Gasteiger partial charge is 0.366 e. The summed E-state index contributed by atoms with van der Waals surface area (Å²) in [6.07, 6.45) is 3.86. The summed E-state index contributed by atoms with van der Waals surface area (Å²) >= 11 is 6.12. The van der Waals surface area contributed by atoms with Gasteiger partial charge in [0.05, 0.1) is 0 Å². The summed E-state index contributed by atoms with van der Waals surface area (Å²) in [5, 5.41) is 4.41. The number of anilines is 1. The molecule has 1 aromatic heterocycles. The zero-order valence-corrected chi connectivity index (χ0v) is 18.0. The number of benzene rings is 1. The lowest BCUT2D eigenvalue weighted by Crippen LogP contribution is -2.42. The van der Waals surface area contributed by atoms with E-state index in [9.17, 15) is 0 Å². The van der Waals surface area contributed by atoms with Gasteiger partial charge in [-0.25, -0.2) is 9.97 Å². The van der Waals surface area contributed by atoms with E-state index in [2.05, 4.69) is 28.2 Å². The molecule has 1 fully saturated rings.